The number of aliphatic imine (C=N–C) groups is 1. The molecule has 0 bridgehead atoms. The van der Waals surface area contributed by atoms with Gasteiger partial charge in [0, 0.05) is 23.0 Å². The molecule has 0 spiro atoms. The lowest BCUT2D eigenvalue weighted by Gasteiger charge is -2.53. The van der Waals surface area contributed by atoms with Crippen molar-refractivity contribution in [2.45, 2.75) is 44.9 Å². The monoisotopic (exact) mass is 430 g/mol. The summed E-state index contributed by atoms with van der Waals surface area (Å²) < 4.78 is 2.49. The van der Waals surface area contributed by atoms with E-state index in [0.717, 1.165) is 23.6 Å². The zero-order valence-electron chi connectivity index (χ0n) is 17.7. The molecule has 7 rings (SSSR count). The fourth-order valence-corrected chi connectivity index (χ4v) is 7.09. The largest absolute Gasteiger partial charge is 0.308 e. The number of nitrogens with zero attached hydrogens (tertiary/aromatic N) is 3. The van der Waals surface area contributed by atoms with Crippen LogP contribution in [0.4, 0.5) is 0 Å². The lowest BCUT2D eigenvalue weighted by atomic mass is 9.66. The Balaban J connectivity index is 1.48. The highest BCUT2D eigenvalue weighted by Gasteiger charge is 2.51. The van der Waals surface area contributed by atoms with Gasteiger partial charge in [0.15, 0.2) is 5.84 Å². The molecule has 1 N–H and O–H groups in total. The van der Waals surface area contributed by atoms with Crippen molar-refractivity contribution < 1.29 is 4.84 Å². The zero-order chi connectivity index (χ0) is 20.6. The Labute approximate surface area is 186 Å². The average molecular weight is 431 g/mol. The van der Waals surface area contributed by atoms with Gasteiger partial charge in [0.05, 0.1) is 22.1 Å². The van der Waals surface area contributed by atoms with Crippen molar-refractivity contribution in [2.24, 2.45) is 10.4 Å². The summed E-state index contributed by atoms with van der Waals surface area (Å²) in [6, 6.07) is 13.5. The van der Waals surface area contributed by atoms with E-state index >= 15 is 0 Å². The Bertz CT molecular complexity index is 1240. The lowest BCUT2D eigenvalue weighted by molar-refractivity contribution is 0.0269. The predicted octanol–water partition coefficient (Wildman–Crippen LogP) is 5.28. The number of benzene rings is 1. The third-order valence-electron chi connectivity index (χ3n) is 7.79. The molecule has 4 aliphatic heterocycles. The number of fused-ring (bicyclic) bond motifs is 3. The fourth-order valence-electron chi connectivity index (χ4n) is 6.41. The van der Waals surface area contributed by atoms with Crippen molar-refractivity contribution in [2.75, 3.05) is 13.1 Å². The van der Waals surface area contributed by atoms with Crippen LogP contribution in [0.5, 0.6) is 0 Å². The topological polar surface area (TPSA) is 41.8 Å². The predicted molar refractivity (Wildman–Crippen MR) is 125 cm³/mol. The number of amidine groups is 1. The Morgan fingerprint density at radius 2 is 2.16 bits per heavy atom. The first-order valence-electron chi connectivity index (χ1n) is 11.4. The number of piperidine rings is 1. The van der Waals surface area contributed by atoms with Gasteiger partial charge in [-0.15, -0.1) is 11.3 Å². The van der Waals surface area contributed by atoms with Gasteiger partial charge in [-0.25, -0.2) is 15.3 Å². The van der Waals surface area contributed by atoms with Gasteiger partial charge in [-0.3, -0.25) is 4.90 Å². The van der Waals surface area contributed by atoms with Crippen LogP contribution in [0.2, 0.25) is 0 Å². The average Bonchev–Trinajstić information content (AvgIpc) is 3.57. The van der Waals surface area contributed by atoms with Crippen LogP contribution in [0, 0.1) is 5.41 Å². The molecule has 6 heterocycles. The van der Waals surface area contributed by atoms with Crippen LogP contribution in [0.15, 0.2) is 52.8 Å². The molecular weight excluding hydrogens is 404 g/mol. The number of hydrogen-bond acceptors (Lipinski definition) is 5. The van der Waals surface area contributed by atoms with E-state index in [9.17, 15) is 0 Å². The molecule has 3 atom stereocenters. The van der Waals surface area contributed by atoms with Crippen molar-refractivity contribution in [1.29, 1.82) is 0 Å². The number of nitrogens with one attached hydrogen (secondary N) is 1. The van der Waals surface area contributed by atoms with Gasteiger partial charge in [-0.1, -0.05) is 31.2 Å². The Kier molecular flexibility index (Phi) is 3.84. The molecule has 31 heavy (non-hydrogen) atoms. The van der Waals surface area contributed by atoms with E-state index in [0.29, 0.717) is 6.04 Å². The van der Waals surface area contributed by atoms with E-state index in [1.54, 1.807) is 11.3 Å². The van der Waals surface area contributed by atoms with Gasteiger partial charge < -0.3 is 4.57 Å². The first-order valence-corrected chi connectivity index (χ1v) is 12.3. The standard InChI is InChI=1S/C25H26N4OS/c1-2-25-11-6-12-28-13-10-17-16-7-3-4-8-18(16)29(21(17)22(25)28)19(15-25)23-26-24(30-27-23)20-9-5-14-31-20/h3-5,7-9,14-15,22,24H,2,6,10-13H2,1H3,(H,26,27)/t22-,24?,25+/m1/s1. The number of hydroxylamine groups is 1. The van der Waals surface area contributed by atoms with E-state index in [1.807, 2.05) is 0 Å². The van der Waals surface area contributed by atoms with Gasteiger partial charge in [-0.05, 0) is 61.4 Å². The summed E-state index contributed by atoms with van der Waals surface area (Å²) in [5, 5.41) is 3.48. The molecule has 0 amide bonds. The summed E-state index contributed by atoms with van der Waals surface area (Å²) in [4.78, 5) is 14.8. The van der Waals surface area contributed by atoms with E-state index < -0.39 is 0 Å². The van der Waals surface area contributed by atoms with Crippen molar-refractivity contribution >= 4 is 33.8 Å². The summed E-state index contributed by atoms with van der Waals surface area (Å²) >= 11 is 1.69. The highest BCUT2D eigenvalue weighted by atomic mass is 32.1. The molecule has 5 nitrogen and oxygen atoms in total. The van der Waals surface area contributed by atoms with Crippen LogP contribution < -0.4 is 5.48 Å². The van der Waals surface area contributed by atoms with E-state index in [-0.39, 0.29) is 11.6 Å². The van der Waals surface area contributed by atoms with Crippen LogP contribution >= 0.6 is 11.3 Å². The Hall–Kier alpha value is -2.41. The number of thiophene rings is 1. The second kappa shape index (κ2) is 6.55. The normalized spacial score (nSPS) is 29.5. The smallest absolute Gasteiger partial charge is 0.211 e. The first kappa shape index (κ1) is 18.2. The molecule has 6 heteroatoms. The molecule has 0 aliphatic carbocycles. The second-order valence-corrected chi connectivity index (χ2v) is 10.2. The van der Waals surface area contributed by atoms with Gasteiger partial charge in [0.2, 0.25) is 6.23 Å². The van der Waals surface area contributed by atoms with Gasteiger partial charge in [-0.2, -0.15) is 0 Å². The highest BCUT2D eigenvalue weighted by Crippen LogP contribution is 2.57. The molecule has 1 saturated heterocycles. The number of hydrogen-bond donors (Lipinski definition) is 1. The molecule has 158 valence electrons. The minimum absolute atomic E-state index is 0.151. The van der Waals surface area contributed by atoms with Crippen LogP contribution in [-0.2, 0) is 11.3 Å². The molecule has 2 aromatic heterocycles. The Morgan fingerprint density at radius 1 is 1.23 bits per heavy atom. The molecule has 1 fully saturated rings. The van der Waals surface area contributed by atoms with Crippen molar-refractivity contribution in [1.82, 2.24) is 14.9 Å². The molecule has 0 saturated carbocycles. The third kappa shape index (κ3) is 2.41. The molecular formula is C25H26N4OS. The molecule has 1 unspecified atom stereocenters. The Morgan fingerprint density at radius 3 is 3.03 bits per heavy atom. The maximum absolute atomic E-state index is 5.93. The van der Waals surface area contributed by atoms with Crippen molar-refractivity contribution in [3.8, 4) is 0 Å². The zero-order valence-corrected chi connectivity index (χ0v) is 18.5. The number of rotatable bonds is 3. The van der Waals surface area contributed by atoms with Crippen molar-refractivity contribution in [3.63, 3.8) is 0 Å². The molecule has 1 aromatic carbocycles. The lowest BCUT2D eigenvalue weighted by Crippen LogP contribution is -2.51. The van der Waals surface area contributed by atoms with Crippen LogP contribution in [0.3, 0.4) is 0 Å². The third-order valence-corrected chi connectivity index (χ3v) is 8.69. The minimum atomic E-state index is -0.272. The van der Waals surface area contributed by atoms with Gasteiger partial charge >= 0.3 is 0 Å². The van der Waals surface area contributed by atoms with Gasteiger partial charge in [0.25, 0.3) is 0 Å². The molecule has 3 aromatic rings. The maximum Gasteiger partial charge on any atom is 0.211 e. The summed E-state index contributed by atoms with van der Waals surface area (Å²) in [5.74, 6) is 0.857. The van der Waals surface area contributed by atoms with E-state index in [1.165, 1.54) is 53.8 Å². The van der Waals surface area contributed by atoms with Gasteiger partial charge in [0.1, 0.15) is 0 Å². The molecule has 0 radical (unpaired) electrons. The van der Waals surface area contributed by atoms with Crippen LogP contribution in [-0.4, -0.2) is 28.4 Å². The highest BCUT2D eigenvalue weighted by molar-refractivity contribution is 7.10. The van der Waals surface area contributed by atoms with E-state index in [2.05, 4.69) is 69.7 Å². The minimum Gasteiger partial charge on any atom is -0.308 e. The van der Waals surface area contributed by atoms with Crippen LogP contribution in [0.25, 0.3) is 16.6 Å². The molecule has 4 aliphatic rings. The second-order valence-electron chi connectivity index (χ2n) is 9.19. The quantitative estimate of drug-likeness (QED) is 0.615. The van der Waals surface area contributed by atoms with Crippen molar-refractivity contribution in [3.05, 3.63) is 64.0 Å². The summed E-state index contributed by atoms with van der Waals surface area (Å²) in [5.41, 5.74) is 8.84. The maximum atomic E-state index is 5.93. The SMILES string of the molecule is CC[C@@]12C=C(C3=NC(c4cccs4)ON3)n3c4c(c5ccccc53)CCN(CCC1)[C@H]42. The number of aromatic nitrogens is 1. The first-order chi connectivity index (χ1) is 15.3. The summed E-state index contributed by atoms with van der Waals surface area (Å²) in [6.07, 6.45) is 7.02. The fraction of sp³-hybridized carbons (Fsp3) is 0.400. The van der Waals surface area contributed by atoms with Crippen LogP contribution in [0.1, 0.15) is 54.6 Å². The van der Waals surface area contributed by atoms with E-state index in [4.69, 9.17) is 9.83 Å². The number of para-hydroxylation sites is 1. The summed E-state index contributed by atoms with van der Waals surface area (Å²) in [7, 11) is 0. The summed E-state index contributed by atoms with van der Waals surface area (Å²) in [6.45, 7) is 4.73.